The Bertz CT molecular complexity index is 847. The summed E-state index contributed by atoms with van der Waals surface area (Å²) in [6, 6.07) is 10.2. The van der Waals surface area contributed by atoms with Crippen LogP contribution in [0, 0.1) is 5.92 Å². The maximum Gasteiger partial charge on any atom is 0.243 e. The van der Waals surface area contributed by atoms with E-state index in [0.717, 1.165) is 24.8 Å². The Morgan fingerprint density at radius 2 is 1.89 bits per heavy atom. The van der Waals surface area contributed by atoms with Crippen LogP contribution in [-0.4, -0.2) is 44.6 Å². The molecule has 0 aliphatic carbocycles. The highest BCUT2D eigenvalue weighted by atomic mass is 32.2. The van der Waals surface area contributed by atoms with Crippen LogP contribution >= 0.6 is 0 Å². The zero-order chi connectivity index (χ0) is 18.7. The Kier molecular flexibility index (Phi) is 5.58. The number of benzene rings is 1. The minimum Gasteiger partial charge on any atom is -0.381 e. The van der Waals surface area contributed by atoms with Crippen molar-refractivity contribution in [3.05, 3.63) is 48.3 Å². The van der Waals surface area contributed by atoms with Gasteiger partial charge in [0.1, 0.15) is 4.90 Å². The lowest BCUT2D eigenvalue weighted by Crippen LogP contribution is -2.30. The Balaban J connectivity index is 1.40. The van der Waals surface area contributed by atoms with E-state index in [1.807, 2.05) is 30.3 Å². The molecule has 0 radical (unpaired) electrons. The summed E-state index contributed by atoms with van der Waals surface area (Å²) >= 11 is 0. The van der Waals surface area contributed by atoms with Crippen LogP contribution in [0.3, 0.4) is 0 Å². The van der Waals surface area contributed by atoms with E-state index < -0.39 is 10.0 Å². The molecular formula is C19H25N3O4S. The van der Waals surface area contributed by atoms with E-state index in [2.05, 4.69) is 9.82 Å². The fourth-order valence-electron chi connectivity index (χ4n) is 3.76. The molecule has 3 heterocycles. The molecule has 146 valence electrons. The number of hydrogen-bond donors (Lipinski definition) is 1. The fourth-order valence-corrected chi connectivity index (χ4v) is 4.80. The Morgan fingerprint density at radius 1 is 1.11 bits per heavy atom. The summed E-state index contributed by atoms with van der Waals surface area (Å²) in [6.45, 7) is 2.37. The third-order valence-electron chi connectivity index (χ3n) is 5.33. The van der Waals surface area contributed by atoms with Gasteiger partial charge in [-0.2, -0.15) is 5.10 Å². The van der Waals surface area contributed by atoms with E-state index in [1.165, 1.54) is 6.20 Å². The summed E-state index contributed by atoms with van der Waals surface area (Å²) in [5.41, 5.74) is 1.09. The molecule has 2 fully saturated rings. The fraction of sp³-hybridized carbons (Fsp3) is 0.526. The predicted molar refractivity (Wildman–Crippen MR) is 99.7 cm³/mol. The molecular weight excluding hydrogens is 366 g/mol. The van der Waals surface area contributed by atoms with Crippen molar-refractivity contribution < 1.29 is 17.9 Å². The first-order chi connectivity index (χ1) is 13.1. The van der Waals surface area contributed by atoms with Crippen LogP contribution in [0.25, 0.3) is 0 Å². The van der Waals surface area contributed by atoms with Crippen LogP contribution in [-0.2, 0) is 19.5 Å². The normalized spacial score (nSPS) is 24.3. The highest BCUT2D eigenvalue weighted by Crippen LogP contribution is 2.34. The van der Waals surface area contributed by atoms with Crippen molar-refractivity contribution in [3.8, 4) is 0 Å². The van der Waals surface area contributed by atoms with Crippen molar-refractivity contribution >= 4 is 10.0 Å². The minimum atomic E-state index is -3.59. The Hall–Kier alpha value is -1.74. The smallest absolute Gasteiger partial charge is 0.243 e. The maximum absolute atomic E-state index is 12.7. The van der Waals surface area contributed by atoms with Gasteiger partial charge in [0.15, 0.2) is 0 Å². The Morgan fingerprint density at radius 3 is 2.67 bits per heavy atom. The molecule has 2 aliphatic heterocycles. The van der Waals surface area contributed by atoms with E-state index in [9.17, 15) is 8.42 Å². The van der Waals surface area contributed by atoms with Crippen LogP contribution in [0.5, 0.6) is 0 Å². The number of nitrogens with one attached hydrogen (secondary N) is 1. The SMILES string of the molecule is O=S(=O)(NC[C@@H]1CCO[C@H]1c1ccccc1)c1cnn(C2CCOCC2)c1. The van der Waals surface area contributed by atoms with Gasteiger partial charge in [-0.1, -0.05) is 30.3 Å². The van der Waals surface area contributed by atoms with Crippen LogP contribution in [0.4, 0.5) is 0 Å². The van der Waals surface area contributed by atoms with E-state index in [-0.39, 0.29) is 23.0 Å². The van der Waals surface area contributed by atoms with Gasteiger partial charge in [0, 0.05) is 38.5 Å². The monoisotopic (exact) mass is 391 g/mol. The van der Waals surface area contributed by atoms with Crippen LogP contribution in [0.15, 0.2) is 47.6 Å². The second-order valence-corrected chi connectivity index (χ2v) is 8.87. The highest BCUT2D eigenvalue weighted by molar-refractivity contribution is 7.89. The van der Waals surface area contributed by atoms with Gasteiger partial charge < -0.3 is 9.47 Å². The van der Waals surface area contributed by atoms with E-state index in [1.54, 1.807) is 10.9 Å². The standard InChI is InChI=1S/C19H25N3O4S/c23-27(24,18-13-20-22(14-18)17-7-9-25-10-8-17)21-12-16-6-11-26-19(16)15-4-2-1-3-5-15/h1-5,13-14,16-17,19,21H,6-12H2/t16-,19-/m0/s1. The van der Waals surface area contributed by atoms with Crippen molar-refractivity contribution in [2.75, 3.05) is 26.4 Å². The molecule has 2 saturated heterocycles. The van der Waals surface area contributed by atoms with Crippen LogP contribution in [0.2, 0.25) is 0 Å². The molecule has 4 rings (SSSR count). The topological polar surface area (TPSA) is 82.5 Å². The zero-order valence-electron chi connectivity index (χ0n) is 15.2. The number of nitrogens with zero attached hydrogens (tertiary/aromatic N) is 2. The molecule has 0 unspecified atom stereocenters. The first kappa shape index (κ1) is 18.6. The number of ether oxygens (including phenoxy) is 2. The third kappa shape index (κ3) is 4.24. The van der Waals surface area contributed by atoms with Crippen molar-refractivity contribution in [2.24, 2.45) is 5.92 Å². The summed E-state index contributed by atoms with van der Waals surface area (Å²) in [7, 11) is -3.59. The molecule has 8 heteroatoms. The number of aromatic nitrogens is 2. The van der Waals surface area contributed by atoms with E-state index >= 15 is 0 Å². The molecule has 2 atom stereocenters. The first-order valence-electron chi connectivity index (χ1n) is 9.41. The zero-order valence-corrected chi connectivity index (χ0v) is 16.0. The third-order valence-corrected chi connectivity index (χ3v) is 6.71. The van der Waals surface area contributed by atoms with Crippen LogP contribution in [0.1, 0.15) is 37.0 Å². The largest absolute Gasteiger partial charge is 0.381 e. The second-order valence-electron chi connectivity index (χ2n) is 7.10. The molecule has 0 spiro atoms. The molecule has 1 aromatic carbocycles. The van der Waals surface area contributed by atoms with Gasteiger partial charge in [-0.05, 0) is 24.8 Å². The molecule has 0 amide bonds. The molecule has 27 heavy (non-hydrogen) atoms. The molecule has 7 nitrogen and oxygen atoms in total. The summed E-state index contributed by atoms with van der Waals surface area (Å²) in [5.74, 6) is 0.118. The van der Waals surface area contributed by atoms with Gasteiger partial charge in [0.2, 0.25) is 10.0 Å². The molecule has 2 aliphatic rings. The quantitative estimate of drug-likeness (QED) is 0.817. The average molecular weight is 391 g/mol. The number of rotatable bonds is 6. The summed E-state index contributed by atoms with van der Waals surface area (Å²) in [5, 5.41) is 4.27. The van der Waals surface area contributed by atoms with Crippen molar-refractivity contribution in [1.82, 2.24) is 14.5 Å². The lowest BCUT2D eigenvalue weighted by atomic mass is 9.96. The van der Waals surface area contributed by atoms with E-state index in [4.69, 9.17) is 9.47 Å². The van der Waals surface area contributed by atoms with Crippen molar-refractivity contribution in [1.29, 1.82) is 0 Å². The predicted octanol–water partition coefficient (Wildman–Crippen LogP) is 2.29. The van der Waals surface area contributed by atoms with Gasteiger partial charge in [0.25, 0.3) is 0 Å². The summed E-state index contributed by atoms with van der Waals surface area (Å²) < 4.78 is 41.1. The molecule has 0 saturated carbocycles. The lowest BCUT2D eigenvalue weighted by molar-refractivity contribution is 0.0662. The highest BCUT2D eigenvalue weighted by Gasteiger charge is 2.31. The van der Waals surface area contributed by atoms with Crippen LogP contribution < -0.4 is 4.72 Å². The summed E-state index contributed by atoms with van der Waals surface area (Å²) in [6.07, 6.45) is 5.53. The van der Waals surface area contributed by atoms with Gasteiger partial charge in [-0.25, -0.2) is 13.1 Å². The van der Waals surface area contributed by atoms with Gasteiger partial charge >= 0.3 is 0 Å². The van der Waals surface area contributed by atoms with Crippen molar-refractivity contribution in [3.63, 3.8) is 0 Å². The Labute approximate surface area is 159 Å². The first-order valence-corrected chi connectivity index (χ1v) is 10.9. The van der Waals surface area contributed by atoms with Gasteiger partial charge in [-0.15, -0.1) is 0 Å². The molecule has 1 aromatic heterocycles. The van der Waals surface area contributed by atoms with Gasteiger partial charge in [0.05, 0.1) is 18.3 Å². The lowest BCUT2D eigenvalue weighted by Gasteiger charge is -2.22. The minimum absolute atomic E-state index is 0.0705. The number of sulfonamides is 1. The van der Waals surface area contributed by atoms with Gasteiger partial charge in [-0.3, -0.25) is 4.68 Å². The maximum atomic E-state index is 12.7. The number of hydrogen-bond acceptors (Lipinski definition) is 5. The summed E-state index contributed by atoms with van der Waals surface area (Å²) in [4.78, 5) is 0.212. The molecule has 2 aromatic rings. The van der Waals surface area contributed by atoms with E-state index in [0.29, 0.717) is 26.4 Å². The van der Waals surface area contributed by atoms with Crippen molar-refractivity contribution in [2.45, 2.75) is 36.3 Å². The molecule has 0 bridgehead atoms. The molecule has 1 N–H and O–H groups in total. The second kappa shape index (κ2) is 8.10. The average Bonchev–Trinajstić information content (AvgIpc) is 3.38.